The highest BCUT2D eigenvalue weighted by atomic mass is 16.4. The van der Waals surface area contributed by atoms with Crippen LogP contribution in [0.1, 0.15) is 21.7 Å². The van der Waals surface area contributed by atoms with Gasteiger partial charge in [0, 0.05) is 11.8 Å². The van der Waals surface area contributed by atoms with Crippen LogP contribution in [-0.4, -0.2) is 27.1 Å². The monoisotopic (exact) mass is 386 g/mol. The number of hydrogen-bond acceptors (Lipinski definition) is 5. The van der Waals surface area contributed by atoms with E-state index in [9.17, 15) is 9.90 Å². The second-order valence-corrected chi connectivity index (χ2v) is 6.34. The van der Waals surface area contributed by atoms with Crippen LogP contribution in [0.25, 0.3) is 17.1 Å². The number of nitrogens with one attached hydrogen (secondary N) is 1. The number of carboxylic acids is 1. The van der Waals surface area contributed by atoms with Gasteiger partial charge in [0.15, 0.2) is 5.76 Å². The third-order valence-corrected chi connectivity index (χ3v) is 4.28. The Balaban J connectivity index is 1.68. The number of carbonyl (C=O) groups is 1. The Labute approximate surface area is 166 Å². The van der Waals surface area contributed by atoms with E-state index in [1.54, 1.807) is 29.1 Å². The van der Waals surface area contributed by atoms with Crippen LogP contribution in [0.2, 0.25) is 0 Å². The average molecular weight is 386 g/mol. The van der Waals surface area contributed by atoms with Crippen molar-refractivity contribution >= 4 is 17.9 Å². The molecule has 2 N–H and O–H groups in total. The number of rotatable bonds is 6. The Kier molecular flexibility index (Phi) is 4.94. The SMILES string of the molecule is Cc1ccc(-c2nn(-c3ccccc3)cc2/C=N/Nc2ccccc2C(=O)O)o1. The van der Waals surface area contributed by atoms with Crippen molar-refractivity contribution in [2.75, 3.05) is 5.43 Å². The fourth-order valence-corrected chi connectivity index (χ4v) is 2.89. The number of aromatic carboxylic acids is 1. The van der Waals surface area contributed by atoms with Gasteiger partial charge in [-0.1, -0.05) is 30.3 Å². The molecule has 4 aromatic rings. The highest BCUT2D eigenvalue weighted by Gasteiger charge is 2.14. The zero-order valence-electron chi connectivity index (χ0n) is 15.6. The van der Waals surface area contributed by atoms with E-state index >= 15 is 0 Å². The van der Waals surface area contributed by atoms with Crippen LogP contribution in [0.15, 0.2) is 82.4 Å². The molecule has 0 aliphatic carbocycles. The summed E-state index contributed by atoms with van der Waals surface area (Å²) in [6.45, 7) is 1.87. The molecule has 0 bridgehead atoms. The van der Waals surface area contributed by atoms with E-state index in [1.165, 1.54) is 6.07 Å². The lowest BCUT2D eigenvalue weighted by molar-refractivity contribution is 0.0698. The molecule has 2 aromatic carbocycles. The van der Waals surface area contributed by atoms with Crippen LogP contribution < -0.4 is 5.43 Å². The molecule has 0 aliphatic rings. The predicted molar refractivity (Wildman–Crippen MR) is 111 cm³/mol. The van der Waals surface area contributed by atoms with Gasteiger partial charge in [-0.2, -0.15) is 10.2 Å². The van der Waals surface area contributed by atoms with Gasteiger partial charge in [-0.15, -0.1) is 0 Å². The summed E-state index contributed by atoms with van der Waals surface area (Å²) in [7, 11) is 0. The molecule has 0 fully saturated rings. The van der Waals surface area contributed by atoms with Crippen molar-refractivity contribution in [2.45, 2.75) is 6.92 Å². The Morgan fingerprint density at radius 1 is 1.10 bits per heavy atom. The minimum Gasteiger partial charge on any atom is -0.478 e. The van der Waals surface area contributed by atoms with Crippen LogP contribution in [0, 0.1) is 6.92 Å². The van der Waals surface area contributed by atoms with Crippen LogP contribution in [0.4, 0.5) is 5.69 Å². The Morgan fingerprint density at radius 2 is 1.86 bits per heavy atom. The lowest BCUT2D eigenvalue weighted by Crippen LogP contribution is -2.02. The number of carboxylic acid groups (broad SMARTS) is 1. The molecule has 0 amide bonds. The number of nitrogens with zero attached hydrogens (tertiary/aromatic N) is 3. The zero-order chi connectivity index (χ0) is 20.2. The summed E-state index contributed by atoms with van der Waals surface area (Å²) in [5.41, 5.74) is 5.61. The standard InChI is InChI=1S/C22H18N4O3/c1-15-11-12-20(29-15)21-16(14-26(25-21)17-7-3-2-4-8-17)13-23-24-19-10-6-5-9-18(19)22(27)28/h2-14,24H,1H3,(H,27,28)/b23-13+. The van der Waals surface area contributed by atoms with E-state index < -0.39 is 5.97 Å². The molecule has 0 aliphatic heterocycles. The van der Waals surface area contributed by atoms with Gasteiger partial charge in [0.05, 0.1) is 23.2 Å². The van der Waals surface area contributed by atoms with Crippen LogP contribution >= 0.6 is 0 Å². The van der Waals surface area contributed by atoms with Gasteiger partial charge in [-0.25, -0.2) is 9.48 Å². The van der Waals surface area contributed by atoms with Crippen LogP contribution in [0.3, 0.4) is 0 Å². The Morgan fingerprint density at radius 3 is 2.59 bits per heavy atom. The van der Waals surface area contributed by atoms with Crippen molar-refractivity contribution in [3.05, 3.63) is 89.8 Å². The van der Waals surface area contributed by atoms with Crippen LogP contribution in [0.5, 0.6) is 0 Å². The molecule has 7 heteroatoms. The maximum atomic E-state index is 11.3. The Hall–Kier alpha value is -4.13. The maximum Gasteiger partial charge on any atom is 0.337 e. The lowest BCUT2D eigenvalue weighted by Gasteiger charge is -2.03. The molecule has 0 spiro atoms. The third-order valence-electron chi connectivity index (χ3n) is 4.28. The molecular weight excluding hydrogens is 368 g/mol. The number of hydrogen-bond donors (Lipinski definition) is 2. The molecule has 0 atom stereocenters. The lowest BCUT2D eigenvalue weighted by atomic mass is 10.2. The number of benzene rings is 2. The van der Waals surface area contributed by atoms with Gasteiger partial charge in [0.2, 0.25) is 0 Å². The van der Waals surface area contributed by atoms with E-state index in [4.69, 9.17) is 4.42 Å². The van der Waals surface area contributed by atoms with Gasteiger partial charge in [-0.05, 0) is 43.3 Å². The smallest absolute Gasteiger partial charge is 0.337 e. The summed E-state index contributed by atoms with van der Waals surface area (Å²) in [6.07, 6.45) is 3.44. The number of aromatic nitrogens is 2. The first-order chi connectivity index (χ1) is 14.1. The molecule has 29 heavy (non-hydrogen) atoms. The molecule has 7 nitrogen and oxygen atoms in total. The predicted octanol–water partition coefficient (Wildman–Crippen LogP) is 4.58. The fraction of sp³-hybridized carbons (Fsp3) is 0.0455. The molecule has 2 aromatic heterocycles. The second kappa shape index (κ2) is 7.85. The summed E-state index contributed by atoms with van der Waals surface area (Å²) in [5, 5.41) is 18.2. The van der Waals surface area contributed by atoms with Gasteiger partial charge >= 0.3 is 5.97 Å². The minimum atomic E-state index is -1.02. The third kappa shape index (κ3) is 3.93. The van der Waals surface area contributed by atoms with Crippen molar-refractivity contribution in [2.24, 2.45) is 5.10 Å². The summed E-state index contributed by atoms with van der Waals surface area (Å²) in [4.78, 5) is 11.3. The fourth-order valence-electron chi connectivity index (χ4n) is 2.89. The molecule has 144 valence electrons. The first-order valence-electron chi connectivity index (χ1n) is 8.95. The Bertz CT molecular complexity index is 1180. The first kappa shape index (κ1) is 18.2. The minimum absolute atomic E-state index is 0.145. The summed E-state index contributed by atoms with van der Waals surface area (Å²) in [6, 6.07) is 20.0. The second-order valence-electron chi connectivity index (χ2n) is 6.34. The van der Waals surface area contributed by atoms with Gasteiger partial charge in [0.1, 0.15) is 11.5 Å². The topological polar surface area (TPSA) is 92.7 Å². The molecule has 0 radical (unpaired) electrons. The summed E-state index contributed by atoms with van der Waals surface area (Å²) < 4.78 is 7.49. The number of para-hydroxylation sites is 2. The van der Waals surface area contributed by atoms with Crippen molar-refractivity contribution in [3.8, 4) is 17.1 Å². The maximum absolute atomic E-state index is 11.3. The molecule has 0 unspecified atom stereocenters. The molecule has 4 rings (SSSR count). The van der Waals surface area contributed by atoms with E-state index in [2.05, 4.69) is 15.6 Å². The quantitative estimate of drug-likeness (QED) is 0.374. The van der Waals surface area contributed by atoms with E-state index in [1.807, 2.05) is 55.6 Å². The van der Waals surface area contributed by atoms with E-state index in [0.29, 0.717) is 17.1 Å². The number of aryl methyl sites for hydroxylation is 1. The molecular formula is C22H18N4O3. The normalized spacial score (nSPS) is 11.1. The van der Waals surface area contributed by atoms with Gasteiger partial charge in [-0.3, -0.25) is 5.43 Å². The average Bonchev–Trinajstić information content (AvgIpc) is 3.35. The zero-order valence-corrected chi connectivity index (χ0v) is 15.6. The van der Waals surface area contributed by atoms with Crippen molar-refractivity contribution < 1.29 is 14.3 Å². The largest absolute Gasteiger partial charge is 0.478 e. The van der Waals surface area contributed by atoms with E-state index in [0.717, 1.165) is 17.0 Å². The van der Waals surface area contributed by atoms with Gasteiger partial charge < -0.3 is 9.52 Å². The number of anilines is 1. The highest BCUT2D eigenvalue weighted by Crippen LogP contribution is 2.25. The van der Waals surface area contributed by atoms with Crippen molar-refractivity contribution in [3.63, 3.8) is 0 Å². The summed E-state index contributed by atoms with van der Waals surface area (Å²) in [5.74, 6) is 0.391. The molecule has 0 saturated carbocycles. The summed E-state index contributed by atoms with van der Waals surface area (Å²) >= 11 is 0. The van der Waals surface area contributed by atoms with Crippen molar-refractivity contribution in [1.82, 2.24) is 9.78 Å². The number of furan rings is 1. The first-order valence-corrected chi connectivity index (χ1v) is 8.95. The number of hydrazone groups is 1. The van der Waals surface area contributed by atoms with Gasteiger partial charge in [0.25, 0.3) is 0 Å². The van der Waals surface area contributed by atoms with Crippen molar-refractivity contribution in [1.29, 1.82) is 0 Å². The highest BCUT2D eigenvalue weighted by molar-refractivity contribution is 5.94. The van der Waals surface area contributed by atoms with E-state index in [-0.39, 0.29) is 5.56 Å². The van der Waals surface area contributed by atoms with Crippen LogP contribution in [-0.2, 0) is 0 Å². The molecule has 2 heterocycles. The molecule has 0 saturated heterocycles.